The van der Waals surface area contributed by atoms with Crippen LogP contribution in [-0.4, -0.2) is 31.1 Å². The van der Waals surface area contributed by atoms with E-state index in [1.54, 1.807) is 0 Å². The fourth-order valence-electron chi connectivity index (χ4n) is 3.09. The van der Waals surface area contributed by atoms with E-state index in [9.17, 15) is 0 Å². The van der Waals surface area contributed by atoms with Crippen molar-refractivity contribution < 1.29 is 0 Å². The van der Waals surface area contributed by atoms with E-state index in [1.807, 2.05) is 11.8 Å². The van der Waals surface area contributed by atoms with Crippen LogP contribution in [0.1, 0.15) is 6.42 Å². The summed E-state index contributed by atoms with van der Waals surface area (Å²) in [5.74, 6) is 0. The minimum absolute atomic E-state index is 0.605. The molecule has 0 N–H and O–H groups in total. The van der Waals surface area contributed by atoms with Crippen LogP contribution >= 0.6 is 11.8 Å². The van der Waals surface area contributed by atoms with Gasteiger partial charge in [0.1, 0.15) is 0 Å². The molecule has 2 aromatic rings. The van der Waals surface area contributed by atoms with E-state index in [-0.39, 0.29) is 0 Å². The Hall–Kier alpha value is -1.45. The smallest absolute Gasteiger partial charge is 0.0556 e. The molecular formula is C17H18N2S. The molecule has 0 radical (unpaired) electrons. The third kappa shape index (κ3) is 1.85. The van der Waals surface area contributed by atoms with Crippen molar-refractivity contribution in [3.63, 3.8) is 0 Å². The summed E-state index contributed by atoms with van der Waals surface area (Å²) < 4.78 is 0. The highest BCUT2D eigenvalue weighted by molar-refractivity contribution is 7.99. The van der Waals surface area contributed by atoms with Gasteiger partial charge in [-0.1, -0.05) is 36.0 Å². The summed E-state index contributed by atoms with van der Waals surface area (Å²) in [7, 11) is 4.36. The molecule has 0 amide bonds. The zero-order chi connectivity index (χ0) is 13.7. The summed E-state index contributed by atoms with van der Waals surface area (Å²) >= 11 is 1.89. The highest BCUT2D eigenvalue weighted by Gasteiger charge is 2.46. The van der Waals surface area contributed by atoms with Gasteiger partial charge in [0.2, 0.25) is 0 Å². The number of nitrogens with zero attached hydrogens (tertiary/aromatic N) is 2. The first-order valence-corrected chi connectivity index (χ1v) is 7.89. The van der Waals surface area contributed by atoms with Gasteiger partial charge in [-0.15, -0.1) is 0 Å². The number of anilines is 2. The van der Waals surface area contributed by atoms with Gasteiger partial charge < -0.3 is 9.80 Å². The molecule has 20 heavy (non-hydrogen) atoms. The van der Waals surface area contributed by atoms with Gasteiger partial charge in [0.25, 0.3) is 0 Å². The maximum Gasteiger partial charge on any atom is 0.0556 e. The Kier molecular flexibility index (Phi) is 2.79. The van der Waals surface area contributed by atoms with E-state index in [4.69, 9.17) is 0 Å². The van der Waals surface area contributed by atoms with E-state index in [0.717, 1.165) is 0 Å². The van der Waals surface area contributed by atoms with Crippen LogP contribution < -0.4 is 4.90 Å². The molecule has 0 bridgehead atoms. The first-order chi connectivity index (χ1) is 9.75. The summed E-state index contributed by atoms with van der Waals surface area (Å²) in [6.07, 6.45) is 1.25. The van der Waals surface area contributed by atoms with E-state index < -0.39 is 0 Å². The van der Waals surface area contributed by atoms with Gasteiger partial charge in [-0.05, 0) is 44.8 Å². The Morgan fingerprint density at radius 3 is 2.00 bits per heavy atom. The van der Waals surface area contributed by atoms with Crippen molar-refractivity contribution in [1.82, 2.24) is 4.90 Å². The van der Waals surface area contributed by atoms with Crippen molar-refractivity contribution in [3.05, 3.63) is 48.5 Å². The summed E-state index contributed by atoms with van der Waals surface area (Å²) in [4.78, 5) is 7.63. The van der Waals surface area contributed by atoms with Crippen LogP contribution in [0.2, 0.25) is 0 Å². The van der Waals surface area contributed by atoms with Crippen LogP contribution in [0.3, 0.4) is 0 Å². The number of likely N-dealkylation sites (N-methyl/N-ethyl adjacent to an activating group) is 1. The minimum atomic E-state index is 0.605. The molecular weight excluding hydrogens is 264 g/mol. The number of fused-ring (bicyclic) bond motifs is 2. The van der Waals surface area contributed by atoms with Gasteiger partial charge in [-0.2, -0.15) is 0 Å². The molecule has 0 spiro atoms. The molecule has 2 unspecified atom stereocenters. The molecule has 1 saturated carbocycles. The van der Waals surface area contributed by atoms with Crippen LogP contribution in [0.5, 0.6) is 0 Å². The average molecular weight is 282 g/mol. The molecule has 1 aliphatic carbocycles. The molecule has 1 heterocycles. The predicted molar refractivity (Wildman–Crippen MR) is 85.0 cm³/mol. The lowest BCUT2D eigenvalue weighted by molar-refractivity contribution is 0.390. The predicted octanol–water partition coefficient (Wildman–Crippen LogP) is 3.99. The summed E-state index contributed by atoms with van der Waals surface area (Å²) in [6, 6.07) is 18.8. The van der Waals surface area contributed by atoms with E-state index in [2.05, 4.69) is 72.4 Å². The Balaban J connectivity index is 1.81. The molecule has 1 aliphatic heterocycles. The molecule has 0 saturated heterocycles. The third-order valence-electron chi connectivity index (χ3n) is 4.19. The maximum absolute atomic E-state index is 2.55. The highest BCUT2D eigenvalue weighted by atomic mass is 32.2. The molecule has 1 fully saturated rings. The first-order valence-electron chi connectivity index (χ1n) is 7.07. The van der Waals surface area contributed by atoms with Crippen LogP contribution in [0.4, 0.5) is 11.4 Å². The van der Waals surface area contributed by atoms with Crippen LogP contribution in [0.15, 0.2) is 58.3 Å². The van der Waals surface area contributed by atoms with Crippen molar-refractivity contribution in [2.24, 2.45) is 0 Å². The topological polar surface area (TPSA) is 6.48 Å². The number of rotatable bonds is 2. The SMILES string of the molecule is CN(C)C1CC1N1c2ccccc2Sc2ccccc21. The fraction of sp³-hybridized carbons (Fsp3) is 0.294. The number of hydrogen-bond donors (Lipinski definition) is 0. The van der Waals surface area contributed by atoms with Gasteiger partial charge >= 0.3 is 0 Å². The number of hydrogen-bond acceptors (Lipinski definition) is 3. The van der Waals surface area contributed by atoms with Gasteiger partial charge in [-0.3, -0.25) is 0 Å². The Morgan fingerprint density at radius 1 is 0.950 bits per heavy atom. The second kappa shape index (κ2) is 4.54. The zero-order valence-electron chi connectivity index (χ0n) is 11.8. The molecule has 3 heteroatoms. The largest absolute Gasteiger partial charge is 0.335 e. The highest BCUT2D eigenvalue weighted by Crippen LogP contribution is 2.52. The van der Waals surface area contributed by atoms with Gasteiger partial charge in [-0.25, -0.2) is 0 Å². The first kappa shape index (κ1) is 12.3. The van der Waals surface area contributed by atoms with Crippen LogP contribution in [0.25, 0.3) is 0 Å². The molecule has 0 aromatic heterocycles. The summed E-state index contributed by atoms with van der Waals surface area (Å²) in [5, 5.41) is 0. The Labute approximate surface area is 124 Å². The van der Waals surface area contributed by atoms with Crippen molar-refractivity contribution in [2.75, 3.05) is 19.0 Å². The van der Waals surface area contributed by atoms with Crippen molar-refractivity contribution in [2.45, 2.75) is 28.3 Å². The molecule has 102 valence electrons. The van der Waals surface area contributed by atoms with Crippen LogP contribution in [0, 0.1) is 0 Å². The van der Waals surface area contributed by atoms with Gasteiger partial charge in [0.05, 0.1) is 17.4 Å². The standard InChI is InChI=1S/C17H18N2S/c1-18(2)14-11-15(14)19-12-7-3-5-9-16(12)20-17-10-6-4-8-13(17)19/h3-10,14-15H,11H2,1-2H3. The van der Waals surface area contributed by atoms with E-state index in [1.165, 1.54) is 27.6 Å². The van der Waals surface area contributed by atoms with Crippen LogP contribution in [-0.2, 0) is 0 Å². The average Bonchev–Trinajstić information content (AvgIpc) is 3.25. The number of benzene rings is 2. The van der Waals surface area contributed by atoms with Crippen molar-refractivity contribution in [3.8, 4) is 0 Å². The minimum Gasteiger partial charge on any atom is -0.335 e. The second-order valence-corrected chi connectivity index (χ2v) is 6.83. The van der Waals surface area contributed by atoms with Crippen molar-refractivity contribution in [1.29, 1.82) is 0 Å². The fourth-order valence-corrected chi connectivity index (χ4v) is 4.16. The number of para-hydroxylation sites is 2. The third-order valence-corrected chi connectivity index (χ3v) is 5.32. The lowest BCUT2D eigenvalue weighted by atomic mass is 10.2. The van der Waals surface area contributed by atoms with Crippen molar-refractivity contribution >= 4 is 23.1 Å². The van der Waals surface area contributed by atoms with E-state index in [0.29, 0.717) is 12.1 Å². The second-order valence-electron chi connectivity index (χ2n) is 5.74. The molecule has 4 rings (SSSR count). The zero-order valence-corrected chi connectivity index (χ0v) is 12.6. The van der Waals surface area contributed by atoms with E-state index >= 15 is 0 Å². The normalized spacial score (nSPS) is 23.4. The quantitative estimate of drug-likeness (QED) is 0.822. The molecule has 2 nitrogen and oxygen atoms in total. The lowest BCUT2D eigenvalue weighted by Crippen LogP contribution is -2.30. The van der Waals surface area contributed by atoms with Gasteiger partial charge in [0.15, 0.2) is 0 Å². The Morgan fingerprint density at radius 2 is 1.50 bits per heavy atom. The molecule has 2 atom stereocenters. The molecule has 2 aromatic carbocycles. The monoisotopic (exact) mass is 282 g/mol. The summed E-state index contributed by atoms with van der Waals surface area (Å²) in [6.45, 7) is 0. The molecule has 2 aliphatic rings. The lowest BCUT2D eigenvalue weighted by Gasteiger charge is -2.33. The Bertz CT molecular complexity index is 607. The van der Waals surface area contributed by atoms with Gasteiger partial charge in [0, 0.05) is 15.8 Å². The maximum atomic E-state index is 2.55. The summed E-state index contributed by atoms with van der Waals surface area (Å²) in [5.41, 5.74) is 2.73.